The lowest BCUT2D eigenvalue weighted by atomic mass is 10.1. The third kappa shape index (κ3) is 3.07. The van der Waals surface area contributed by atoms with Gasteiger partial charge in [0.05, 0.1) is 17.3 Å². The van der Waals surface area contributed by atoms with Crippen LogP contribution in [0.15, 0.2) is 29.1 Å². The molecule has 1 unspecified atom stereocenters. The molecule has 1 aromatic heterocycles. The molecule has 3 rings (SSSR count). The van der Waals surface area contributed by atoms with Crippen molar-refractivity contribution >= 4 is 21.1 Å². The van der Waals surface area contributed by atoms with Crippen LogP contribution in [0.25, 0.3) is 11.0 Å². The lowest BCUT2D eigenvalue weighted by Crippen LogP contribution is -2.30. The highest BCUT2D eigenvalue weighted by Gasteiger charge is 2.29. The Morgan fingerprint density at radius 3 is 2.39 bits per heavy atom. The zero-order chi connectivity index (χ0) is 16.6. The monoisotopic (exact) mass is 337 g/mol. The maximum Gasteiger partial charge on any atom is 0.329 e. The van der Waals surface area contributed by atoms with Gasteiger partial charge in [-0.05, 0) is 30.9 Å². The fourth-order valence-corrected chi connectivity index (χ4v) is 4.31. The summed E-state index contributed by atoms with van der Waals surface area (Å²) >= 11 is 0. The Hall–Kier alpha value is -1.60. The van der Waals surface area contributed by atoms with E-state index < -0.39 is 10.0 Å². The molecule has 0 radical (unpaired) electrons. The molecule has 1 aromatic carbocycles. The van der Waals surface area contributed by atoms with Crippen LogP contribution in [-0.2, 0) is 23.1 Å². The quantitative estimate of drug-likeness (QED) is 0.830. The van der Waals surface area contributed by atoms with E-state index in [9.17, 15) is 13.2 Å². The maximum absolute atomic E-state index is 12.7. The smallest absolute Gasteiger partial charge is 0.292 e. The van der Waals surface area contributed by atoms with Crippen LogP contribution < -0.4 is 5.69 Å². The second-order valence-electron chi connectivity index (χ2n) is 6.31. The molecule has 2 aromatic rings. The van der Waals surface area contributed by atoms with Gasteiger partial charge in [0.2, 0.25) is 10.0 Å². The van der Waals surface area contributed by atoms with Crippen molar-refractivity contribution in [1.82, 2.24) is 13.4 Å². The van der Waals surface area contributed by atoms with Crippen LogP contribution in [0.3, 0.4) is 0 Å². The molecule has 0 saturated carbocycles. The van der Waals surface area contributed by atoms with Crippen LogP contribution in [0, 0.1) is 5.92 Å². The molecule has 6 nitrogen and oxygen atoms in total. The Bertz CT molecular complexity index is 866. The summed E-state index contributed by atoms with van der Waals surface area (Å²) in [6.45, 7) is 4.37. The van der Waals surface area contributed by atoms with E-state index in [0.717, 1.165) is 23.9 Å². The SMILES string of the molecule is CCCn1c(=O)n(CC2CCN(S(C)(=O)=O)C2)c2ccccc21. The van der Waals surface area contributed by atoms with E-state index in [1.807, 2.05) is 28.8 Å². The van der Waals surface area contributed by atoms with Crippen molar-refractivity contribution in [3.05, 3.63) is 34.7 Å². The van der Waals surface area contributed by atoms with E-state index >= 15 is 0 Å². The zero-order valence-electron chi connectivity index (χ0n) is 13.6. The van der Waals surface area contributed by atoms with E-state index in [4.69, 9.17) is 0 Å². The van der Waals surface area contributed by atoms with Gasteiger partial charge < -0.3 is 0 Å². The van der Waals surface area contributed by atoms with Gasteiger partial charge in [0, 0.05) is 26.2 Å². The van der Waals surface area contributed by atoms with E-state index in [1.165, 1.54) is 10.6 Å². The van der Waals surface area contributed by atoms with Gasteiger partial charge in [-0.3, -0.25) is 9.13 Å². The highest BCUT2D eigenvalue weighted by molar-refractivity contribution is 7.88. The summed E-state index contributed by atoms with van der Waals surface area (Å²) in [5, 5.41) is 0. The number of benzene rings is 1. The number of nitrogens with zero attached hydrogens (tertiary/aromatic N) is 3. The summed E-state index contributed by atoms with van der Waals surface area (Å²) in [6, 6.07) is 7.82. The van der Waals surface area contributed by atoms with Crippen molar-refractivity contribution in [2.45, 2.75) is 32.9 Å². The van der Waals surface area contributed by atoms with E-state index in [-0.39, 0.29) is 11.6 Å². The highest BCUT2D eigenvalue weighted by atomic mass is 32.2. The minimum absolute atomic E-state index is 0.00542. The molecule has 1 aliphatic heterocycles. The van der Waals surface area contributed by atoms with Crippen LogP contribution >= 0.6 is 0 Å². The van der Waals surface area contributed by atoms with Gasteiger partial charge in [0.25, 0.3) is 0 Å². The zero-order valence-corrected chi connectivity index (χ0v) is 14.4. The number of fused-ring (bicyclic) bond motifs is 1. The molecule has 0 aliphatic carbocycles. The van der Waals surface area contributed by atoms with Crippen molar-refractivity contribution in [3.63, 3.8) is 0 Å². The van der Waals surface area contributed by atoms with Crippen molar-refractivity contribution in [3.8, 4) is 0 Å². The number of aromatic nitrogens is 2. The molecule has 2 heterocycles. The summed E-state index contributed by atoms with van der Waals surface area (Å²) in [7, 11) is -3.14. The van der Waals surface area contributed by atoms with Gasteiger partial charge in [-0.1, -0.05) is 19.1 Å². The van der Waals surface area contributed by atoms with Crippen molar-refractivity contribution < 1.29 is 8.42 Å². The molecule has 0 bridgehead atoms. The maximum atomic E-state index is 12.7. The Kier molecular flexibility index (Phi) is 4.33. The second kappa shape index (κ2) is 6.13. The number of hydrogen-bond donors (Lipinski definition) is 0. The molecular weight excluding hydrogens is 314 g/mol. The molecule has 1 fully saturated rings. The minimum Gasteiger partial charge on any atom is -0.292 e. The van der Waals surface area contributed by atoms with Gasteiger partial charge in [0.15, 0.2) is 0 Å². The number of imidazole rings is 1. The third-order valence-electron chi connectivity index (χ3n) is 4.53. The van der Waals surface area contributed by atoms with Crippen molar-refractivity contribution in [2.24, 2.45) is 5.92 Å². The summed E-state index contributed by atoms with van der Waals surface area (Å²) in [6.07, 6.45) is 2.95. The summed E-state index contributed by atoms with van der Waals surface area (Å²) in [4.78, 5) is 12.7. The minimum atomic E-state index is -3.14. The first-order chi connectivity index (χ1) is 10.9. The Balaban J connectivity index is 1.92. The van der Waals surface area contributed by atoms with Crippen LogP contribution in [0.2, 0.25) is 0 Å². The average Bonchev–Trinajstić information content (AvgIpc) is 3.07. The Morgan fingerprint density at radius 1 is 1.17 bits per heavy atom. The predicted molar refractivity (Wildman–Crippen MR) is 91.0 cm³/mol. The van der Waals surface area contributed by atoms with E-state index in [1.54, 1.807) is 4.57 Å². The van der Waals surface area contributed by atoms with Crippen molar-refractivity contribution in [2.75, 3.05) is 19.3 Å². The Labute approximate surface area is 136 Å². The summed E-state index contributed by atoms with van der Waals surface area (Å²) < 4.78 is 28.4. The van der Waals surface area contributed by atoms with Gasteiger partial charge in [-0.2, -0.15) is 0 Å². The fourth-order valence-electron chi connectivity index (χ4n) is 3.39. The largest absolute Gasteiger partial charge is 0.329 e. The standard InChI is InChI=1S/C16H23N3O3S/c1-3-9-18-14-6-4-5-7-15(14)19(16(18)20)12-13-8-10-17(11-13)23(2,21)22/h4-7,13H,3,8-12H2,1-2H3. The molecule has 23 heavy (non-hydrogen) atoms. The van der Waals surface area contributed by atoms with Gasteiger partial charge in [-0.15, -0.1) is 0 Å². The van der Waals surface area contributed by atoms with E-state index in [0.29, 0.717) is 26.2 Å². The molecular formula is C16H23N3O3S. The van der Waals surface area contributed by atoms with Crippen LogP contribution in [0.4, 0.5) is 0 Å². The number of sulfonamides is 1. The van der Waals surface area contributed by atoms with Gasteiger partial charge in [-0.25, -0.2) is 17.5 Å². The van der Waals surface area contributed by atoms with E-state index in [2.05, 4.69) is 6.92 Å². The lowest BCUT2D eigenvalue weighted by molar-refractivity contribution is 0.428. The fraction of sp³-hybridized carbons (Fsp3) is 0.562. The molecule has 1 aliphatic rings. The summed E-state index contributed by atoms with van der Waals surface area (Å²) in [5.74, 6) is 0.184. The number of para-hydroxylation sites is 2. The first-order valence-electron chi connectivity index (χ1n) is 8.05. The summed E-state index contributed by atoms with van der Waals surface area (Å²) in [5.41, 5.74) is 1.90. The molecule has 0 amide bonds. The molecule has 1 atom stereocenters. The van der Waals surface area contributed by atoms with Crippen molar-refractivity contribution in [1.29, 1.82) is 0 Å². The van der Waals surface area contributed by atoms with Crippen LogP contribution in [0.5, 0.6) is 0 Å². The molecule has 1 saturated heterocycles. The number of hydrogen-bond acceptors (Lipinski definition) is 3. The molecule has 7 heteroatoms. The molecule has 0 N–H and O–H groups in total. The number of aryl methyl sites for hydroxylation is 1. The first-order valence-corrected chi connectivity index (χ1v) is 9.90. The third-order valence-corrected chi connectivity index (χ3v) is 5.80. The first kappa shape index (κ1) is 16.3. The highest BCUT2D eigenvalue weighted by Crippen LogP contribution is 2.22. The van der Waals surface area contributed by atoms with Crippen LogP contribution in [0.1, 0.15) is 19.8 Å². The molecule has 126 valence electrons. The normalized spacial score (nSPS) is 19.7. The molecule has 0 spiro atoms. The lowest BCUT2D eigenvalue weighted by Gasteiger charge is -2.13. The topological polar surface area (TPSA) is 64.3 Å². The van der Waals surface area contributed by atoms with Gasteiger partial charge in [0.1, 0.15) is 0 Å². The Morgan fingerprint density at radius 2 is 1.83 bits per heavy atom. The number of rotatable bonds is 5. The van der Waals surface area contributed by atoms with Gasteiger partial charge >= 0.3 is 5.69 Å². The van der Waals surface area contributed by atoms with Crippen LogP contribution in [-0.4, -0.2) is 41.2 Å². The average molecular weight is 337 g/mol. The predicted octanol–water partition coefficient (Wildman–Crippen LogP) is 1.49. The second-order valence-corrected chi connectivity index (χ2v) is 8.29.